The molecule has 2 atom stereocenters. The van der Waals surface area contributed by atoms with Gasteiger partial charge in [0.2, 0.25) is 5.91 Å². The molecular formula is C15H15N3O6S3. The number of carbonyl (C=O) groups excluding carboxylic acids is 3. The number of β-lactam (4-membered cyclic amide) rings is 1. The molecule has 0 radical (unpaired) electrons. The maximum atomic E-state index is 12.5. The third-order valence-corrected chi connectivity index (χ3v) is 6.39. The summed E-state index contributed by atoms with van der Waals surface area (Å²) in [5.74, 6) is -2.38. The molecule has 1 saturated heterocycles. The van der Waals surface area contributed by atoms with Gasteiger partial charge in [0.05, 0.1) is 6.42 Å². The number of H-pyrrole nitrogens is 1. The fourth-order valence-corrected chi connectivity index (χ4v) is 4.97. The van der Waals surface area contributed by atoms with Gasteiger partial charge in [0, 0.05) is 29.3 Å². The van der Waals surface area contributed by atoms with Crippen LogP contribution in [0.2, 0.25) is 0 Å². The normalized spacial score (nSPS) is 21.4. The summed E-state index contributed by atoms with van der Waals surface area (Å²) >= 11 is 7.58. The van der Waals surface area contributed by atoms with E-state index in [1.807, 2.05) is 0 Å². The van der Waals surface area contributed by atoms with Crippen molar-refractivity contribution in [3.8, 4) is 0 Å². The van der Waals surface area contributed by atoms with Crippen LogP contribution in [0.4, 0.5) is 0 Å². The first-order valence-corrected chi connectivity index (χ1v) is 10.1. The molecule has 3 N–H and O–H groups in total. The van der Waals surface area contributed by atoms with E-state index >= 15 is 0 Å². The van der Waals surface area contributed by atoms with Gasteiger partial charge in [0.15, 0.2) is 3.95 Å². The van der Waals surface area contributed by atoms with E-state index in [-0.39, 0.29) is 30.4 Å². The van der Waals surface area contributed by atoms with Crippen molar-refractivity contribution in [2.24, 2.45) is 0 Å². The average Bonchev–Trinajstić information content (AvgIpc) is 3.01. The van der Waals surface area contributed by atoms with Gasteiger partial charge in [-0.1, -0.05) is 0 Å². The van der Waals surface area contributed by atoms with E-state index < -0.39 is 29.3 Å². The van der Waals surface area contributed by atoms with Crippen molar-refractivity contribution in [1.82, 2.24) is 15.2 Å². The van der Waals surface area contributed by atoms with Crippen LogP contribution in [0.3, 0.4) is 0 Å². The third-order valence-electron chi connectivity index (χ3n) is 3.94. The molecule has 0 aliphatic carbocycles. The molecule has 12 heteroatoms. The van der Waals surface area contributed by atoms with Crippen molar-refractivity contribution in [3.63, 3.8) is 0 Å². The van der Waals surface area contributed by atoms with Crippen LogP contribution in [0.5, 0.6) is 0 Å². The van der Waals surface area contributed by atoms with Crippen molar-refractivity contribution in [1.29, 1.82) is 0 Å². The fourth-order valence-electron chi connectivity index (χ4n) is 2.78. The van der Waals surface area contributed by atoms with E-state index in [0.717, 1.165) is 4.90 Å². The standard InChI is InChI=1S/C15H15N3O6S3/c1-6(19)24-3-7-4-26-13-10(12(21)18(13)11(7)14(22)23)17-9(20)2-8-5-27-15(25)16-8/h5,10,13H,2-4H2,1H3,(H,16,25)(H,17,20)(H,22,23). The number of ether oxygens (including phenoxy) is 1. The second-order valence-corrected chi connectivity index (χ2v) is 8.49. The summed E-state index contributed by atoms with van der Waals surface area (Å²) in [6.07, 6.45) is 0.0492. The van der Waals surface area contributed by atoms with Crippen molar-refractivity contribution in [2.45, 2.75) is 24.8 Å². The topological polar surface area (TPSA) is 129 Å². The summed E-state index contributed by atoms with van der Waals surface area (Å²) in [7, 11) is 0. The number of carbonyl (C=O) groups is 4. The molecule has 0 bridgehead atoms. The number of carboxylic acids is 1. The van der Waals surface area contributed by atoms with Crippen LogP contribution < -0.4 is 5.32 Å². The summed E-state index contributed by atoms with van der Waals surface area (Å²) in [4.78, 5) is 51.2. The number of esters is 1. The minimum absolute atomic E-state index is 0.0492. The Hall–Kier alpha value is -2.18. The van der Waals surface area contributed by atoms with Gasteiger partial charge in [0.1, 0.15) is 23.7 Å². The van der Waals surface area contributed by atoms with Crippen molar-refractivity contribution in [2.75, 3.05) is 12.4 Å². The van der Waals surface area contributed by atoms with Gasteiger partial charge in [-0.2, -0.15) is 0 Å². The number of amides is 2. The molecule has 2 amide bonds. The number of hydrogen-bond acceptors (Lipinski definition) is 8. The van der Waals surface area contributed by atoms with E-state index in [2.05, 4.69) is 10.3 Å². The Labute approximate surface area is 166 Å². The molecule has 1 fully saturated rings. The van der Waals surface area contributed by atoms with Crippen LogP contribution in [-0.2, 0) is 30.3 Å². The maximum Gasteiger partial charge on any atom is 0.352 e. The van der Waals surface area contributed by atoms with Gasteiger partial charge in [-0.3, -0.25) is 19.3 Å². The molecule has 0 spiro atoms. The number of rotatable bonds is 6. The number of thiazole rings is 1. The van der Waals surface area contributed by atoms with Crippen LogP contribution in [0.1, 0.15) is 12.6 Å². The van der Waals surface area contributed by atoms with Gasteiger partial charge in [-0.15, -0.1) is 23.1 Å². The summed E-state index contributed by atoms with van der Waals surface area (Å²) in [5.41, 5.74) is 0.817. The van der Waals surface area contributed by atoms with Gasteiger partial charge in [-0.25, -0.2) is 4.79 Å². The van der Waals surface area contributed by atoms with E-state index in [9.17, 15) is 24.3 Å². The largest absolute Gasteiger partial charge is 0.477 e. The van der Waals surface area contributed by atoms with Crippen LogP contribution in [0.25, 0.3) is 0 Å². The number of thioether (sulfide) groups is 1. The minimum atomic E-state index is -1.27. The fraction of sp³-hybridized carbons (Fsp3) is 0.400. The molecule has 1 aromatic heterocycles. The zero-order chi connectivity index (χ0) is 19.7. The first kappa shape index (κ1) is 19.6. The average molecular weight is 430 g/mol. The van der Waals surface area contributed by atoms with Crippen molar-refractivity contribution in [3.05, 3.63) is 26.3 Å². The molecule has 3 heterocycles. The molecule has 144 valence electrons. The number of aromatic nitrogens is 1. The summed E-state index contributed by atoms with van der Waals surface area (Å²) < 4.78 is 5.43. The Bertz CT molecular complexity index is 905. The second-order valence-electron chi connectivity index (χ2n) is 5.84. The van der Waals surface area contributed by atoms with Gasteiger partial charge >= 0.3 is 11.9 Å². The monoisotopic (exact) mass is 429 g/mol. The molecule has 2 unspecified atom stereocenters. The molecule has 9 nitrogen and oxygen atoms in total. The number of aliphatic carboxylic acids is 1. The molecule has 3 rings (SSSR count). The van der Waals surface area contributed by atoms with E-state index in [4.69, 9.17) is 17.0 Å². The van der Waals surface area contributed by atoms with Gasteiger partial charge in [-0.05, 0) is 12.2 Å². The van der Waals surface area contributed by atoms with Crippen molar-refractivity contribution < 1.29 is 29.0 Å². The SMILES string of the molecule is CC(=O)OCC1=C(C(=O)O)N2C(=O)C(NC(=O)Cc3csc(=S)[nH]3)C2SC1. The van der Waals surface area contributed by atoms with E-state index in [1.54, 1.807) is 5.38 Å². The number of fused-ring (bicyclic) bond motifs is 1. The lowest BCUT2D eigenvalue weighted by atomic mass is 10.0. The number of aromatic amines is 1. The Morgan fingerprint density at radius 2 is 2.22 bits per heavy atom. The Morgan fingerprint density at radius 1 is 1.48 bits per heavy atom. The molecule has 2 aliphatic heterocycles. The van der Waals surface area contributed by atoms with Crippen LogP contribution in [0, 0.1) is 3.95 Å². The lowest BCUT2D eigenvalue weighted by Crippen LogP contribution is -2.70. The van der Waals surface area contributed by atoms with Crippen LogP contribution >= 0.6 is 35.3 Å². The molecule has 0 aromatic carbocycles. The first-order valence-electron chi connectivity index (χ1n) is 7.77. The summed E-state index contributed by atoms with van der Waals surface area (Å²) in [6.45, 7) is 1.04. The first-order chi connectivity index (χ1) is 12.8. The lowest BCUT2D eigenvalue weighted by Gasteiger charge is -2.49. The zero-order valence-corrected chi connectivity index (χ0v) is 16.5. The highest BCUT2D eigenvalue weighted by atomic mass is 32.2. The number of hydrogen-bond donors (Lipinski definition) is 3. The Kier molecular flexibility index (Phi) is 5.67. The van der Waals surface area contributed by atoms with E-state index in [0.29, 0.717) is 15.2 Å². The molecule has 2 aliphatic rings. The Morgan fingerprint density at radius 3 is 2.81 bits per heavy atom. The van der Waals surface area contributed by atoms with Gasteiger partial charge < -0.3 is 20.1 Å². The number of nitrogens with one attached hydrogen (secondary N) is 2. The lowest BCUT2D eigenvalue weighted by molar-refractivity contribution is -0.151. The quantitative estimate of drug-likeness (QED) is 0.342. The highest BCUT2D eigenvalue weighted by Gasteiger charge is 2.54. The van der Waals surface area contributed by atoms with Crippen molar-refractivity contribution >= 4 is 59.1 Å². The van der Waals surface area contributed by atoms with Gasteiger partial charge in [0.25, 0.3) is 5.91 Å². The Balaban J connectivity index is 1.69. The molecule has 1 aromatic rings. The summed E-state index contributed by atoms with van der Waals surface area (Å²) in [5, 5.41) is 13.4. The zero-order valence-electron chi connectivity index (χ0n) is 14.0. The molecule has 0 saturated carbocycles. The highest BCUT2D eigenvalue weighted by molar-refractivity contribution is 8.00. The molecule has 27 heavy (non-hydrogen) atoms. The number of nitrogens with zero attached hydrogens (tertiary/aromatic N) is 1. The maximum absolute atomic E-state index is 12.5. The van der Waals surface area contributed by atoms with Crippen LogP contribution in [0.15, 0.2) is 16.7 Å². The summed E-state index contributed by atoms with van der Waals surface area (Å²) in [6, 6.07) is -0.797. The third kappa shape index (κ3) is 4.06. The van der Waals surface area contributed by atoms with Crippen LogP contribution in [-0.4, -0.2) is 62.5 Å². The van der Waals surface area contributed by atoms with E-state index in [1.165, 1.54) is 30.0 Å². The minimum Gasteiger partial charge on any atom is -0.477 e. The predicted molar refractivity (Wildman–Crippen MR) is 99.5 cm³/mol. The second kappa shape index (κ2) is 7.82. The molecular weight excluding hydrogens is 414 g/mol. The highest BCUT2D eigenvalue weighted by Crippen LogP contribution is 2.40. The predicted octanol–water partition coefficient (Wildman–Crippen LogP) is 0.650. The number of carboxylic acid groups (broad SMARTS) is 1. The smallest absolute Gasteiger partial charge is 0.352 e.